The number of ether oxygens (including phenoxy) is 1. The molecule has 6 rings (SSSR count). The summed E-state index contributed by atoms with van der Waals surface area (Å²) in [4.78, 5) is 54.6. The van der Waals surface area contributed by atoms with E-state index in [9.17, 15) is 37.5 Å². The number of amides is 3. The van der Waals surface area contributed by atoms with Crippen molar-refractivity contribution in [3.05, 3.63) is 98.5 Å². The maximum atomic E-state index is 14.0. The minimum absolute atomic E-state index is 0.00401. The number of benzene rings is 3. The van der Waals surface area contributed by atoms with Crippen LogP contribution in [0.3, 0.4) is 0 Å². The summed E-state index contributed by atoms with van der Waals surface area (Å²) in [6.07, 6.45) is -4.82. The van der Waals surface area contributed by atoms with Gasteiger partial charge in [-0.1, -0.05) is 47.4 Å². The van der Waals surface area contributed by atoms with E-state index < -0.39 is 63.7 Å². The Kier molecular flexibility index (Phi) is 7.49. The lowest BCUT2D eigenvalue weighted by Gasteiger charge is -2.30. The van der Waals surface area contributed by atoms with E-state index in [-0.39, 0.29) is 10.8 Å². The van der Waals surface area contributed by atoms with Gasteiger partial charge in [-0.25, -0.2) is 4.90 Å². The Bertz CT molecular complexity index is 1840. The minimum atomic E-state index is -4.82. The Hall–Kier alpha value is -4.56. The Balaban J connectivity index is 1.43. The van der Waals surface area contributed by atoms with Crippen molar-refractivity contribution in [3.63, 3.8) is 0 Å². The van der Waals surface area contributed by atoms with Gasteiger partial charge in [0.25, 0.3) is 0 Å². The number of phenols is 1. The lowest BCUT2D eigenvalue weighted by Crippen LogP contribution is -2.33. The van der Waals surface area contributed by atoms with Crippen LogP contribution in [0.2, 0.25) is 0 Å². The molecule has 3 heterocycles. The summed E-state index contributed by atoms with van der Waals surface area (Å²) in [6, 6.07) is 16.8. The minimum Gasteiger partial charge on any atom is -0.508 e. The lowest BCUT2D eigenvalue weighted by molar-refractivity contribution is -0.137. The molecule has 1 saturated heterocycles. The third kappa shape index (κ3) is 5.13. The predicted molar refractivity (Wildman–Crippen MR) is 157 cm³/mol. The molecule has 3 atom stereocenters. The average Bonchev–Trinajstić information content (AvgIpc) is 3.44. The molecule has 9 nitrogen and oxygen atoms in total. The molecule has 2 aliphatic heterocycles. The number of methoxy groups -OCH3 is 1. The summed E-state index contributed by atoms with van der Waals surface area (Å²) >= 11 is 1.71. The van der Waals surface area contributed by atoms with E-state index in [2.05, 4.69) is 5.32 Å². The number of imide groups is 1. The number of aromatic hydroxyl groups is 1. The van der Waals surface area contributed by atoms with Crippen molar-refractivity contribution in [1.29, 1.82) is 0 Å². The van der Waals surface area contributed by atoms with Crippen LogP contribution in [0, 0.1) is 5.92 Å². The summed E-state index contributed by atoms with van der Waals surface area (Å²) < 4.78 is 48.3. The summed E-state index contributed by atoms with van der Waals surface area (Å²) in [5.41, 5.74) is -0.753. The van der Waals surface area contributed by atoms with Crippen LogP contribution in [-0.2, 0) is 27.1 Å². The molecule has 1 aromatic heterocycles. The normalized spacial score (nSPS) is 19.5. The third-order valence-electron chi connectivity index (χ3n) is 7.43. The van der Waals surface area contributed by atoms with Crippen LogP contribution in [-0.4, -0.2) is 39.8 Å². The van der Waals surface area contributed by atoms with Gasteiger partial charge < -0.3 is 15.2 Å². The summed E-state index contributed by atoms with van der Waals surface area (Å²) in [5, 5.41) is 11.3. The van der Waals surface area contributed by atoms with Crippen LogP contribution in [0.1, 0.15) is 21.9 Å². The summed E-state index contributed by atoms with van der Waals surface area (Å²) in [7, 11) is 1.48. The van der Waals surface area contributed by atoms with Gasteiger partial charge in [0.15, 0.2) is 0 Å². The van der Waals surface area contributed by atoms with Gasteiger partial charge in [0.1, 0.15) is 23.3 Å². The van der Waals surface area contributed by atoms with Crippen molar-refractivity contribution in [2.45, 2.75) is 28.9 Å². The SMILES string of the molecule is COc1ccc([C@H]2c3sc(=O)n(CC(=O)Nc4ccc(O)cc4)c3SC3C(=O)N(c4ccccc4C(F)(F)F)C(=O)C32)cc1. The maximum Gasteiger partial charge on any atom is 0.418 e. The van der Waals surface area contributed by atoms with Crippen LogP contribution in [0.25, 0.3) is 0 Å². The fraction of sp³-hybridized carbons (Fsp3) is 0.200. The first-order chi connectivity index (χ1) is 21.0. The molecule has 2 unspecified atom stereocenters. The molecule has 1 fully saturated rings. The summed E-state index contributed by atoms with van der Waals surface area (Å²) in [6.45, 7) is -0.423. The molecule has 2 aliphatic rings. The molecule has 2 N–H and O–H groups in total. The quantitative estimate of drug-likeness (QED) is 0.223. The Morgan fingerprint density at radius 3 is 2.32 bits per heavy atom. The fourth-order valence-corrected chi connectivity index (χ4v) is 8.23. The van der Waals surface area contributed by atoms with E-state index in [1.165, 1.54) is 48.1 Å². The van der Waals surface area contributed by atoms with Crippen molar-refractivity contribution >= 4 is 52.2 Å². The van der Waals surface area contributed by atoms with Gasteiger partial charge >= 0.3 is 11.0 Å². The second-order valence-corrected chi connectivity index (χ2v) is 12.2. The number of carbonyl (C=O) groups excluding carboxylic acids is 3. The zero-order valence-electron chi connectivity index (χ0n) is 22.7. The molecule has 226 valence electrons. The molecular formula is C30H22F3N3O6S2. The van der Waals surface area contributed by atoms with Crippen LogP contribution < -0.4 is 19.8 Å². The molecule has 0 radical (unpaired) electrons. The highest BCUT2D eigenvalue weighted by Crippen LogP contribution is 2.54. The number of para-hydroxylation sites is 1. The van der Waals surface area contributed by atoms with Gasteiger partial charge in [-0.3, -0.25) is 23.7 Å². The van der Waals surface area contributed by atoms with Gasteiger partial charge in [-0.05, 0) is 54.1 Å². The standard InChI is InChI=1S/C30H22F3N3O6S2/c1-42-18-12-6-15(7-13-18)22-23-24(27(40)36(26(23)39)20-5-3-2-4-19(20)30(31,32)33)43-28-25(22)44-29(41)35(28)14-21(38)34-16-8-10-17(37)11-9-16/h2-13,22-24,37H,14H2,1H3,(H,34,38)/t22-,23?,24?/m1/s1. The maximum absolute atomic E-state index is 14.0. The number of rotatable bonds is 6. The van der Waals surface area contributed by atoms with Crippen molar-refractivity contribution in [2.75, 3.05) is 17.3 Å². The molecule has 0 aliphatic carbocycles. The molecule has 0 spiro atoms. The fourth-order valence-electron chi connectivity index (χ4n) is 5.46. The van der Waals surface area contributed by atoms with Crippen molar-refractivity contribution < 1.29 is 37.4 Å². The van der Waals surface area contributed by atoms with E-state index in [1.54, 1.807) is 24.3 Å². The first-order valence-corrected chi connectivity index (χ1v) is 14.8. The monoisotopic (exact) mass is 641 g/mol. The largest absolute Gasteiger partial charge is 0.508 e. The molecular weight excluding hydrogens is 619 g/mol. The zero-order valence-corrected chi connectivity index (χ0v) is 24.3. The molecule has 0 bridgehead atoms. The predicted octanol–water partition coefficient (Wildman–Crippen LogP) is 5.08. The van der Waals surface area contributed by atoms with Gasteiger partial charge in [0.05, 0.1) is 29.3 Å². The van der Waals surface area contributed by atoms with Gasteiger partial charge in [0.2, 0.25) is 17.7 Å². The number of hydrogen-bond donors (Lipinski definition) is 2. The first-order valence-electron chi connectivity index (χ1n) is 13.1. The van der Waals surface area contributed by atoms with E-state index in [1.807, 2.05) is 0 Å². The van der Waals surface area contributed by atoms with Crippen LogP contribution >= 0.6 is 23.1 Å². The van der Waals surface area contributed by atoms with Crippen LogP contribution in [0.5, 0.6) is 11.5 Å². The Morgan fingerprint density at radius 1 is 0.977 bits per heavy atom. The smallest absolute Gasteiger partial charge is 0.418 e. The second kappa shape index (κ2) is 11.2. The number of thioether (sulfide) groups is 1. The number of phenolic OH excluding ortho intramolecular Hbond substituents is 1. The van der Waals surface area contributed by atoms with E-state index in [4.69, 9.17) is 4.74 Å². The molecule has 3 amide bonds. The molecule has 14 heteroatoms. The van der Waals surface area contributed by atoms with E-state index in [0.29, 0.717) is 26.8 Å². The van der Waals surface area contributed by atoms with Gasteiger partial charge in [-0.2, -0.15) is 13.2 Å². The third-order valence-corrected chi connectivity index (χ3v) is 10.0. The Morgan fingerprint density at radius 2 is 1.66 bits per heavy atom. The molecule has 0 saturated carbocycles. The second-order valence-electron chi connectivity index (χ2n) is 10.1. The van der Waals surface area contributed by atoms with Crippen molar-refractivity contribution in [2.24, 2.45) is 5.92 Å². The highest BCUT2D eigenvalue weighted by Gasteiger charge is 2.57. The molecule has 3 aromatic carbocycles. The summed E-state index contributed by atoms with van der Waals surface area (Å²) in [5.74, 6) is -3.67. The number of thiazole rings is 1. The Labute approximate surface area is 255 Å². The number of alkyl halides is 3. The number of aromatic nitrogens is 1. The number of anilines is 2. The van der Waals surface area contributed by atoms with E-state index >= 15 is 0 Å². The number of nitrogens with one attached hydrogen (secondary N) is 1. The number of halogens is 3. The average molecular weight is 642 g/mol. The van der Waals surface area contributed by atoms with Gasteiger partial charge in [0, 0.05) is 16.5 Å². The molecule has 4 aromatic rings. The number of carbonyl (C=O) groups is 3. The number of hydrogen-bond acceptors (Lipinski definition) is 8. The van der Waals surface area contributed by atoms with E-state index in [0.717, 1.165) is 35.2 Å². The highest BCUT2D eigenvalue weighted by atomic mass is 32.2. The highest BCUT2D eigenvalue weighted by molar-refractivity contribution is 8.00. The zero-order chi connectivity index (χ0) is 31.3. The topological polar surface area (TPSA) is 118 Å². The molecule has 44 heavy (non-hydrogen) atoms. The van der Waals surface area contributed by atoms with Crippen LogP contribution in [0.4, 0.5) is 24.5 Å². The van der Waals surface area contributed by atoms with Crippen LogP contribution in [0.15, 0.2) is 82.6 Å². The first kappa shape index (κ1) is 29.5. The van der Waals surface area contributed by atoms with Crippen molar-refractivity contribution in [3.8, 4) is 11.5 Å². The van der Waals surface area contributed by atoms with Gasteiger partial charge in [-0.15, -0.1) is 0 Å². The number of fused-ring (bicyclic) bond motifs is 2. The number of nitrogens with zero attached hydrogens (tertiary/aromatic N) is 2. The van der Waals surface area contributed by atoms with Crippen molar-refractivity contribution in [1.82, 2.24) is 4.57 Å². The lowest BCUT2D eigenvalue weighted by atomic mass is 9.83.